The Balaban J connectivity index is 1.59. The Bertz CT molecular complexity index is 1370. The fourth-order valence-electron chi connectivity index (χ4n) is 3.90. The van der Waals surface area contributed by atoms with Crippen LogP contribution in [-0.4, -0.2) is 4.98 Å². The Morgan fingerprint density at radius 1 is 0.969 bits per heavy atom. The number of hydrogen-bond acceptors (Lipinski definition) is 6. The second-order valence-electron chi connectivity index (χ2n) is 7.37. The Morgan fingerprint density at radius 2 is 1.78 bits per heavy atom. The van der Waals surface area contributed by atoms with Gasteiger partial charge in [-0.3, -0.25) is 0 Å². The summed E-state index contributed by atoms with van der Waals surface area (Å²) < 4.78 is 0. The monoisotopic (exact) mass is 467 g/mol. The number of benzene rings is 1. The van der Waals surface area contributed by atoms with E-state index in [0.29, 0.717) is 16.9 Å². The van der Waals surface area contributed by atoms with E-state index in [1.54, 1.807) is 34.4 Å². The van der Waals surface area contributed by atoms with Gasteiger partial charge >= 0.3 is 0 Å². The Kier molecular flexibility index (Phi) is 5.92. The van der Waals surface area contributed by atoms with Crippen LogP contribution in [0.4, 0.5) is 0 Å². The zero-order chi connectivity index (χ0) is 21.9. The number of aromatic nitrogens is 1. The Morgan fingerprint density at radius 3 is 2.47 bits per heavy atom. The fourth-order valence-corrected chi connectivity index (χ4v) is 6.33. The van der Waals surface area contributed by atoms with Gasteiger partial charge in [-0.2, -0.15) is 10.5 Å². The predicted octanol–water partition coefficient (Wildman–Crippen LogP) is 7.39. The minimum absolute atomic E-state index is 0.649. The molecule has 154 valence electrons. The van der Waals surface area contributed by atoms with Crippen LogP contribution in [0.15, 0.2) is 64.3 Å². The lowest BCUT2D eigenvalue weighted by Gasteiger charge is -2.13. The van der Waals surface area contributed by atoms with Gasteiger partial charge in [-0.15, -0.1) is 34.4 Å². The van der Waals surface area contributed by atoms with Gasteiger partial charge < -0.3 is 0 Å². The molecule has 0 unspecified atom stereocenters. The molecule has 3 nitrogen and oxygen atoms in total. The number of allylic oxidation sites excluding steroid dienone is 1. The molecule has 5 rings (SSSR count). The normalized spacial score (nSPS) is 13.6. The summed E-state index contributed by atoms with van der Waals surface area (Å²) in [6.07, 6.45) is 4.08. The Hall–Kier alpha value is -3.16. The van der Waals surface area contributed by atoms with Gasteiger partial charge in [-0.05, 0) is 70.6 Å². The van der Waals surface area contributed by atoms with Crippen LogP contribution in [0.2, 0.25) is 0 Å². The van der Waals surface area contributed by atoms with Gasteiger partial charge in [0.05, 0.1) is 22.9 Å². The van der Waals surface area contributed by atoms with Crippen LogP contribution in [0.1, 0.15) is 39.2 Å². The van der Waals surface area contributed by atoms with Crippen LogP contribution in [-0.2, 0) is 12.2 Å². The second kappa shape index (κ2) is 9.14. The van der Waals surface area contributed by atoms with Crippen LogP contribution in [0.5, 0.6) is 0 Å². The SMILES string of the molecule is N#Cc1ccc(CSc2nc3c(c(-c4cccs4)c2C#N)CCC3=Cc2cccs2)cc1. The van der Waals surface area contributed by atoms with E-state index in [4.69, 9.17) is 10.2 Å². The van der Waals surface area contributed by atoms with Gasteiger partial charge in [0.15, 0.2) is 0 Å². The highest BCUT2D eigenvalue weighted by Crippen LogP contribution is 2.44. The molecule has 1 aromatic carbocycles. The summed E-state index contributed by atoms with van der Waals surface area (Å²) in [4.78, 5) is 7.38. The number of nitriles is 2. The first-order valence-electron chi connectivity index (χ1n) is 10.1. The summed E-state index contributed by atoms with van der Waals surface area (Å²) in [5.41, 5.74) is 6.93. The average molecular weight is 468 g/mol. The van der Waals surface area contributed by atoms with Crippen molar-refractivity contribution in [2.24, 2.45) is 0 Å². The molecule has 0 N–H and O–H groups in total. The lowest BCUT2D eigenvalue weighted by molar-refractivity contribution is 1.05. The third-order valence-electron chi connectivity index (χ3n) is 5.41. The largest absolute Gasteiger partial charge is 0.240 e. The maximum atomic E-state index is 10.1. The number of rotatable bonds is 5. The third kappa shape index (κ3) is 4.01. The summed E-state index contributed by atoms with van der Waals surface area (Å²) in [5, 5.41) is 24.1. The highest BCUT2D eigenvalue weighted by atomic mass is 32.2. The number of thiophene rings is 2. The minimum Gasteiger partial charge on any atom is -0.240 e. The molecule has 0 bridgehead atoms. The number of pyridine rings is 1. The number of hydrogen-bond donors (Lipinski definition) is 0. The maximum absolute atomic E-state index is 10.1. The smallest absolute Gasteiger partial charge is 0.116 e. The van der Waals surface area contributed by atoms with Crippen LogP contribution in [0.3, 0.4) is 0 Å². The average Bonchev–Trinajstić information content (AvgIpc) is 3.60. The molecule has 0 atom stereocenters. The van der Waals surface area contributed by atoms with Gasteiger partial charge in [0.1, 0.15) is 11.1 Å². The molecule has 0 fully saturated rings. The molecule has 0 radical (unpaired) electrons. The van der Waals surface area contributed by atoms with E-state index in [1.165, 1.54) is 16.0 Å². The summed E-state index contributed by atoms with van der Waals surface area (Å²) >= 11 is 4.98. The van der Waals surface area contributed by atoms with Crippen LogP contribution < -0.4 is 0 Å². The van der Waals surface area contributed by atoms with Crippen molar-refractivity contribution in [3.8, 4) is 22.6 Å². The molecule has 1 aliphatic carbocycles. The molecule has 3 aromatic heterocycles. The summed E-state index contributed by atoms with van der Waals surface area (Å²) in [6.45, 7) is 0. The molecule has 0 saturated heterocycles. The minimum atomic E-state index is 0.649. The van der Waals surface area contributed by atoms with E-state index in [0.717, 1.165) is 39.6 Å². The summed E-state index contributed by atoms with van der Waals surface area (Å²) in [5.74, 6) is 0.694. The lowest BCUT2D eigenvalue weighted by atomic mass is 10.0. The Labute approximate surface area is 199 Å². The molecule has 1 aliphatic rings. The zero-order valence-electron chi connectivity index (χ0n) is 17.0. The molecular formula is C26H17N3S3. The predicted molar refractivity (Wildman–Crippen MR) is 133 cm³/mol. The first-order chi connectivity index (χ1) is 15.8. The second-order valence-corrected chi connectivity index (χ2v) is 10.3. The van der Waals surface area contributed by atoms with E-state index in [-0.39, 0.29) is 0 Å². The lowest BCUT2D eigenvalue weighted by Crippen LogP contribution is -2.00. The van der Waals surface area contributed by atoms with E-state index < -0.39 is 0 Å². The van der Waals surface area contributed by atoms with Crippen molar-refractivity contribution in [2.45, 2.75) is 23.6 Å². The van der Waals surface area contributed by atoms with E-state index in [9.17, 15) is 5.26 Å². The van der Waals surface area contributed by atoms with Gasteiger partial charge in [0.25, 0.3) is 0 Å². The van der Waals surface area contributed by atoms with Crippen molar-refractivity contribution in [1.82, 2.24) is 4.98 Å². The standard InChI is InChI=1S/C26H17N3S3/c27-14-17-5-7-18(8-6-17)16-32-26-22(15-28)24(23-4-2-12-31-23)21-10-9-19(25(21)29-26)13-20-3-1-11-30-20/h1-8,11-13H,9-10,16H2. The maximum Gasteiger partial charge on any atom is 0.116 e. The first kappa shape index (κ1) is 20.7. The first-order valence-corrected chi connectivity index (χ1v) is 12.9. The molecule has 4 aromatic rings. The highest BCUT2D eigenvalue weighted by molar-refractivity contribution is 7.98. The molecule has 0 aliphatic heterocycles. The van der Waals surface area contributed by atoms with Crippen molar-refractivity contribution in [3.05, 3.63) is 92.1 Å². The van der Waals surface area contributed by atoms with Gasteiger partial charge in [-0.25, -0.2) is 4.98 Å². The van der Waals surface area contributed by atoms with Crippen LogP contribution >= 0.6 is 34.4 Å². The van der Waals surface area contributed by atoms with Crippen LogP contribution in [0, 0.1) is 22.7 Å². The zero-order valence-corrected chi connectivity index (χ0v) is 19.5. The molecular weight excluding hydrogens is 451 g/mol. The van der Waals surface area contributed by atoms with Gasteiger partial charge in [0.2, 0.25) is 0 Å². The van der Waals surface area contributed by atoms with Crippen molar-refractivity contribution in [1.29, 1.82) is 10.5 Å². The van der Waals surface area contributed by atoms with Crippen LogP contribution in [0.25, 0.3) is 22.1 Å². The third-order valence-corrected chi connectivity index (χ3v) is 8.16. The molecule has 3 heterocycles. The van der Waals surface area contributed by atoms with Crippen molar-refractivity contribution in [2.75, 3.05) is 0 Å². The molecule has 0 amide bonds. The highest BCUT2D eigenvalue weighted by Gasteiger charge is 2.27. The van der Waals surface area contributed by atoms with Crippen molar-refractivity contribution in [3.63, 3.8) is 0 Å². The van der Waals surface area contributed by atoms with Crippen molar-refractivity contribution >= 4 is 46.1 Å². The fraction of sp³-hybridized carbons (Fsp3) is 0.115. The molecule has 32 heavy (non-hydrogen) atoms. The van der Waals surface area contributed by atoms with E-state index >= 15 is 0 Å². The number of fused-ring (bicyclic) bond motifs is 1. The molecule has 6 heteroatoms. The summed E-state index contributed by atoms with van der Waals surface area (Å²) in [6, 6.07) is 20.5. The molecule has 0 spiro atoms. The topological polar surface area (TPSA) is 60.5 Å². The van der Waals surface area contributed by atoms with E-state index in [1.807, 2.05) is 30.3 Å². The number of thioether (sulfide) groups is 1. The van der Waals surface area contributed by atoms with Gasteiger partial charge in [-0.1, -0.05) is 24.3 Å². The van der Waals surface area contributed by atoms with Crippen molar-refractivity contribution < 1.29 is 0 Å². The van der Waals surface area contributed by atoms with Gasteiger partial charge in [0, 0.05) is 21.1 Å². The quantitative estimate of drug-likeness (QED) is 0.287. The molecule has 0 saturated carbocycles. The summed E-state index contributed by atoms with van der Waals surface area (Å²) in [7, 11) is 0. The van der Waals surface area contributed by atoms with E-state index in [2.05, 4.69) is 47.2 Å². The number of nitrogens with zero attached hydrogens (tertiary/aromatic N) is 3.